The molecule has 3 N–H and O–H groups in total. The van der Waals surface area contributed by atoms with Crippen molar-refractivity contribution in [2.45, 2.75) is 47.0 Å². The number of nitrogens with one attached hydrogen (secondary N) is 3. The Bertz CT molecular complexity index is 926. The molecule has 3 rings (SSSR count). The predicted octanol–water partition coefficient (Wildman–Crippen LogP) is 3.93. The summed E-state index contributed by atoms with van der Waals surface area (Å²) in [6.07, 6.45) is 3.14. The molecule has 0 aliphatic heterocycles. The molecule has 6 nitrogen and oxygen atoms in total. The van der Waals surface area contributed by atoms with E-state index in [1.165, 1.54) is 28.7 Å². The maximum atomic E-state index is 12.5. The van der Waals surface area contributed by atoms with Gasteiger partial charge in [-0.1, -0.05) is 20.8 Å². The molecule has 0 radical (unpaired) electrons. The van der Waals surface area contributed by atoms with E-state index in [0.717, 1.165) is 19.3 Å². The number of hydrazine groups is 1. The van der Waals surface area contributed by atoms with Gasteiger partial charge in [-0.05, 0) is 66.5 Å². The lowest BCUT2D eigenvalue weighted by Crippen LogP contribution is -2.41. The zero-order valence-electron chi connectivity index (χ0n) is 17.2. The first-order chi connectivity index (χ1) is 13.6. The summed E-state index contributed by atoms with van der Waals surface area (Å²) in [6.45, 7) is 8.21. The van der Waals surface area contributed by atoms with Crippen LogP contribution in [0, 0.1) is 11.3 Å². The van der Waals surface area contributed by atoms with Crippen LogP contribution in [-0.2, 0) is 17.6 Å². The molecular weight excluding hydrogens is 386 g/mol. The molecule has 1 aromatic heterocycles. The SMILES string of the molecule is CC(=O)Nc1ccc(C(=O)NNC(=O)c2cc3c(s2)CCC(C(C)(C)C)C3)cc1. The minimum atomic E-state index is -0.415. The molecule has 7 heteroatoms. The maximum Gasteiger partial charge on any atom is 0.279 e. The van der Waals surface area contributed by atoms with Crippen LogP contribution in [0.5, 0.6) is 0 Å². The Morgan fingerprint density at radius 3 is 2.31 bits per heavy atom. The van der Waals surface area contributed by atoms with Gasteiger partial charge in [0.1, 0.15) is 0 Å². The quantitative estimate of drug-likeness (QED) is 0.666. The summed E-state index contributed by atoms with van der Waals surface area (Å²) in [7, 11) is 0. The zero-order chi connectivity index (χ0) is 21.2. The molecule has 0 bridgehead atoms. The average Bonchev–Trinajstić information content (AvgIpc) is 3.08. The first kappa shape index (κ1) is 21.0. The number of amides is 3. The van der Waals surface area contributed by atoms with E-state index in [1.54, 1.807) is 24.3 Å². The van der Waals surface area contributed by atoms with E-state index in [2.05, 4.69) is 36.9 Å². The van der Waals surface area contributed by atoms with E-state index in [9.17, 15) is 14.4 Å². The van der Waals surface area contributed by atoms with Gasteiger partial charge in [-0.15, -0.1) is 11.3 Å². The number of anilines is 1. The zero-order valence-corrected chi connectivity index (χ0v) is 18.0. The number of rotatable bonds is 3. The Morgan fingerprint density at radius 1 is 1.03 bits per heavy atom. The van der Waals surface area contributed by atoms with Crippen LogP contribution >= 0.6 is 11.3 Å². The van der Waals surface area contributed by atoms with Gasteiger partial charge < -0.3 is 5.32 Å². The Kier molecular flexibility index (Phi) is 6.07. The summed E-state index contributed by atoms with van der Waals surface area (Å²) in [5, 5.41) is 2.64. The highest BCUT2D eigenvalue weighted by atomic mass is 32.1. The van der Waals surface area contributed by atoms with Gasteiger partial charge in [0, 0.05) is 23.1 Å². The molecule has 0 fully saturated rings. The van der Waals surface area contributed by atoms with Crippen molar-refractivity contribution in [3.05, 3.63) is 51.2 Å². The van der Waals surface area contributed by atoms with Gasteiger partial charge in [-0.2, -0.15) is 0 Å². The molecule has 1 aliphatic rings. The summed E-state index contributed by atoms with van der Waals surface area (Å²) in [6, 6.07) is 8.41. The standard InChI is InChI=1S/C22H27N3O3S/c1-13(26)23-17-8-5-14(6-9-17)20(27)24-25-21(28)19-12-15-11-16(22(2,3)4)7-10-18(15)29-19/h5-6,8-9,12,16H,7,10-11H2,1-4H3,(H,23,26)(H,24,27)(H,25,28). The second kappa shape index (κ2) is 8.37. The third kappa shape index (κ3) is 5.23. The second-order valence-corrected chi connectivity index (χ2v) is 9.67. The fourth-order valence-corrected chi connectivity index (χ4v) is 4.63. The third-order valence-electron chi connectivity index (χ3n) is 5.29. The molecule has 1 heterocycles. The number of thiophene rings is 1. The highest BCUT2D eigenvalue weighted by Gasteiger charge is 2.30. The van der Waals surface area contributed by atoms with Crippen LogP contribution in [0.3, 0.4) is 0 Å². The lowest BCUT2D eigenvalue weighted by atomic mass is 9.72. The summed E-state index contributed by atoms with van der Waals surface area (Å²) in [5.41, 5.74) is 7.45. The maximum absolute atomic E-state index is 12.5. The first-order valence-corrected chi connectivity index (χ1v) is 10.5. The Morgan fingerprint density at radius 2 is 1.69 bits per heavy atom. The summed E-state index contributed by atoms with van der Waals surface area (Å²) in [5.74, 6) is -0.288. The van der Waals surface area contributed by atoms with Crippen molar-refractivity contribution in [3.8, 4) is 0 Å². The van der Waals surface area contributed by atoms with Crippen LogP contribution < -0.4 is 16.2 Å². The largest absolute Gasteiger partial charge is 0.326 e. The fourth-order valence-electron chi connectivity index (χ4n) is 3.53. The van der Waals surface area contributed by atoms with E-state index in [1.807, 2.05) is 6.07 Å². The predicted molar refractivity (Wildman–Crippen MR) is 115 cm³/mol. The molecule has 1 aromatic carbocycles. The summed E-state index contributed by atoms with van der Waals surface area (Å²) >= 11 is 1.51. The highest BCUT2D eigenvalue weighted by Crippen LogP contribution is 2.40. The smallest absolute Gasteiger partial charge is 0.279 e. The van der Waals surface area contributed by atoms with Gasteiger partial charge in [0.25, 0.3) is 11.8 Å². The molecule has 154 valence electrons. The van der Waals surface area contributed by atoms with Crippen LogP contribution in [0.15, 0.2) is 30.3 Å². The Balaban J connectivity index is 1.58. The lowest BCUT2D eigenvalue weighted by molar-refractivity contribution is -0.114. The van der Waals surface area contributed by atoms with E-state index < -0.39 is 5.91 Å². The summed E-state index contributed by atoms with van der Waals surface area (Å²) in [4.78, 5) is 37.7. The van der Waals surface area contributed by atoms with Crippen molar-refractivity contribution in [3.63, 3.8) is 0 Å². The van der Waals surface area contributed by atoms with Crippen molar-refractivity contribution in [2.24, 2.45) is 11.3 Å². The lowest BCUT2D eigenvalue weighted by Gasteiger charge is -2.33. The number of benzene rings is 1. The molecule has 1 unspecified atom stereocenters. The van der Waals surface area contributed by atoms with E-state index in [0.29, 0.717) is 22.0 Å². The number of fused-ring (bicyclic) bond motifs is 1. The second-order valence-electron chi connectivity index (χ2n) is 8.53. The molecule has 1 atom stereocenters. The number of carbonyl (C=O) groups excluding carboxylic acids is 3. The van der Waals surface area contributed by atoms with Crippen molar-refractivity contribution in [1.82, 2.24) is 10.9 Å². The molecule has 2 aromatic rings. The van der Waals surface area contributed by atoms with Gasteiger partial charge in [0.05, 0.1) is 4.88 Å². The molecular formula is C22H27N3O3S. The Labute approximate surface area is 175 Å². The van der Waals surface area contributed by atoms with Crippen molar-refractivity contribution < 1.29 is 14.4 Å². The van der Waals surface area contributed by atoms with Crippen molar-refractivity contribution in [2.75, 3.05) is 5.32 Å². The van der Waals surface area contributed by atoms with E-state index >= 15 is 0 Å². The number of carbonyl (C=O) groups is 3. The van der Waals surface area contributed by atoms with E-state index in [4.69, 9.17) is 0 Å². The van der Waals surface area contributed by atoms with Gasteiger partial charge >= 0.3 is 0 Å². The number of hydrogen-bond donors (Lipinski definition) is 3. The van der Waals surface area contributed by atoms with Crippen LogP contribution in [0.2, 0.25) is 0 Å². The third-order valence-corrected chi connectivity index (χ3v) is 6.52. The molecule has 0 saturated carbocycles. The first-order valence-electron chi connectivity index (χ1n) is 9.73. The van der Waals surface area contributed by atoms with E-state index in [-0.39, 0.29) is 17.2 Å². The normalized spacial score (nSPS) is 15.9. The number of hydrogen-bond acceptors (Lipinski definition) is 4. The minimum absolute atomic E-state index is 0.179. The van der Waals surface area contributed by atoms with Gasteiger partial charge in [-0.25, -0.2) is 0 Å². The monoisotopic (exact) mass is 413 g/mol. The molecule has 1 aliphatic carbocycles. The fraction of sp³-hybridized carbons (Fsp3) is 0.409. The molecule has 29 heavy (non-hydrogen) atoms. The van der Waals surface area contributed by atoms with Crippen LogP contribution in [0.4, 0.5) is 5.69 Å². The van der Waals surface area contributed by atoms with Gasteiger partial charge in [-0.3, -0.25) is 25.2 Å². The van der Waals surface area contributed by atoms with Gasteiger partial charge in [0.15, 0.2) is 0 Å². The van der Waals surface area contributed by atoms with Crippen LogP contribution in [0.25, 0.3) is 0 Å². The van der Waals surface area contributed by atoms with Crippen molar-refractivity contribution in [1.29, 1.82) is 0 Å². The van der Waals surface area contributed by atoms with Gasteiger partial charge in [0.2, 0.25) is 5.91 Å². The Hall–Kier alpha value is -2.67. The number of aryl methyl sites for hydroxylation is 1. The molecule has 3 amide bonds. The molecule has 0 spiro atoms. The molecule has 0 saturated heterocycles. The van der Waals surface area contributed by atoms with Crippen molar-refractivity contribution >= 4 is 34.7 Å². The summed E-state index contributed by atoms with van der Waals surface area (Å²) < 4.78 is 0. The minimum Gasteiger partial charge on any atom is -0.326 e. The van der Waals surface area contributed by atoms with Crippen LogP contribution in [-0.4, -0.2) is 17.7 Å². The highest BCUT2D eigenvalue weighted by molar-refractivity contribution is 7.14. The van der Waals surface area contributed by atoms with Crippen LogP contribution in [0.1, 0.15) is 64.6 Å². The average molecular weight is 414 g/mol. The topological polar surface area (TPSA) is 87.3 Å².